The van der Waals surface area contributed by atoms with Gasteiger partial charge in [-0.3, -0.25) is 4.68 Å². The molecule has 90 valence electrons. The van der Waals surface area contributed by atoms with Crippen LogP contribution in [0.25, 0.3) is 0 Å². The number of rotatable bonds is 4. The van der Waals surface area contributed by atoms with Crippen LogP contribution in [0, 0.1) is 0 Å². The second-order valence-electron chi connectivity index (χ2n) is 3.81. The summed E-state index contributed by atoms with van der Waals surface area (Å²) in [5.74, 6) is 0.599. The summed E-state index contributed by atoms with van der Waals surface area (Å²) in [6, 6.07) is 5.95. The molecular formula is C12H16N4O. The van der Waals surface area contributed by atoms with Crippen molar-refractivity contribution in [3.63, 3.8) is 0 Å². The van der Waals surface area contributed by atoms with Crippen molar-refractivity contribution < 1.29 is 4.74 Å². The smallest absolute Gasteiger partial charge is 0.237 e. The highest BCUT2D eigenvalue weighted by Crippen LogP contribution is 2.25. The molecule has 2 rings (SSSR count). The van der Waals surface area contributed by atoms with Gasteiger partial charge in [-0.15, -0.1) is 0 Å². The molecule has 0 amide bonds. The molecule has 0 bridgehead atoms. The van der Waals surface area contributed by atoms with Crippen molar-refractivity contribution in [1.82, 2.24) is 14.8 Å². The average Bonchev–Trinajstić information content (AvgIpc) is 2.76. The van der Waals surface area contributed by atoms with Crippen molar-refractivity contribution >= 4 is 5.69 Å². The molecule has 0 aromatic carbocycles. The highest BCUT2D eigenvalue weighted by Gasteiger charge is 2.11. The Bertz CT molecular complexity index is 495. The summed E-state index contributed by atoms with van der Waals surface area (Å²) >= 11 is 0. The van der Waals surface area contributed by atoms with Crippen LogP contribution in [0.4, 0.5) is 5.69 Å². The van der Waals surface area contributed by atoms with Crippen LogP contribution in [0.2, 0.25) is 0 Å². The van der Waals surface area contributed by atoms with Gasteiger partial charge < -0.3 is 10.1 Å². The second-order valence-corrected chi connectivity index (χ2v) is 3.81. The van der Waals surface area contributed by atoms with Crippen molar-refractivity contribution in [2.75, 3.05) is 12.4 Å². The zero-order chi connectivity index (χ0) is 12.3. The highest BCUT2D eigenvalue weighted by molar-refractivity contribution is 5.53. The fourth-order valence-corrected chi connectivity index (χ4v) is 1.78. The number of hydrogen-bond donors (Lipinski definition) is 1. The normalized spacial score (nSPS) is 12.2. The number of ether oxygens (including phenoxy) is 1. The molecule has 0 radical (unpaired) electrons. The first-order valence-electron chi connectivity index (χ1n) is 5.46. The molecule has 0 aliphatic carbocycles. The Balaban J connectivity index is 2.18. The molecule has 0 fully saturated rings. The molecule has 5 heteroatoms. The summed E-state index contributed by atoms with van der Waals surface area (Å²) in [5.41, 5.74) is 1.99. The van der Waals surface area contributed by atoms with Crippen LogP contribution >= 0.6 is 0 Å². The van der Waals surface area contributed by atoms with E-state index in [-0.39, 0.29) is 6.04 Å². The van der Waals surface area contributed by atoms with E-state index in [1.165, 1.54) is 0 Å². The van der Waals surface area contributed by atoms with Crippen LogP contribution < -0.4 is 10.1 Å². The van der Waals surface area contributed by atoms with Gasteiger partial charge in [0, 0.05) is 19.4 Å². The van der Waals surface area contributed by atoms with Gasteiger partial charge in [0.1, 0.15) is 0 Å². The third-order valence-electron chi connectivity index (χ3n) is 2.64. The van der Waals surface area contributed by atoms with Crippen molar-refractivity contribution in [3.05, 3.63) is 36.3 Å². The van der Waals surface area contributed by atoms with Gasteiger partial charge in [0.25, 0.3) is 0 Å². The first kappa shape index (κ1) is 11.4. The van der Waals surface area contributed by atoms with Gasteiger partial charge in [-0.2, -0.15) is 5.10 Å². The fraction of sp³-hybridized carbons (Fsp3) is 0.333. The van der Waals surface area contributed by atoms with Gasteiger partial charge in [0.05, 0.1) is 24.5 Å². The quantitative estimate of drug-likeness (QED) is 0.876. The molecule has 17 heavy (non-hydrogen) atoms. The Morgan fingerprint density at radius 1 is 1.35 bits per heavy atom. The van der Waals surface area contributed by atoms with E-state index in [0.717, 1.165) is 11.4 Å². The minimum atomic E-state index is 0.139. The molecular weight excluding hydrogens is 216 g/mol. The molecule has 1 N–H and O–H groups in total. The molecule has 0 spiro atoms. The topological polar surface area (TPSA) is 52.0 Å². The number of methoxy groups -OCH3 is 1. The van der Waals surface area contributed by atoms with Crippen LogP contribution in [0.15, 0.2) is 30.6 Å². The first-order chi connectivity index (χ1) is 8.22. The molecule has 2 heterocycles. The van der Waals surface area contributed by atoms with Gasteiger partial charge in [0.15, 0.2) is 0 Å². The number of hydrogen-bond acceptors (Lipinski definition) is 4. The maximum absolute atomic E-state index is 5.20. The number of pyridine rings is 1. The maximum Gasteiger partial charge on any atom is 0.237 e. The predicted molar refractivity (Wildman–Crippen MR) is 66.0 cm³/mol. The SMILES string of the molecule is COc1ncccc1NC(C)c1ccnn1C. The van der Waals surface area contributed by atoms with E-state index in [1.807, 2.05) is 29.9 Å². The van der Waals surface area contributed by atoms with Gasteiger partial charge in [0.2, 0.25) is 5.88 Å². The Morgan fingerprint density at radius 2 is 2.18 bits per heavy atom. The third-order valence-corrected chi connectivity index (χ3v) is 2.64. The van der Waals surface area contributed by atoms with Crippen LogP contribution in [-0.2, 0) is 7.05 Å². The van der Waals surface area contributed by atoms with Crippen LogP contribution in [0.5, 0.6) is 5.88 Å². The van der Waals surface area contributed by atoms with E-state index < -0.39 is 0 Å². The molecule has 1 atom stereocenters. The highest BCUT2D eigenvalue weighted by atomic mass is 16.5. The molecule has 2 aromatic heterocycles. The van der Waals surface area contributed by atoms with E-state index in [2.05, 4.69) is 22.3 Å². The standard InChI is InChI=1S/C12H16N4O/c1-9(11-6-8-14-16(11)2)15-10-5-4-7-13-12(10)17-3/h4-9,15H,1-3H3. The van der Waals surface area contributed by atoms with E-state index in [9.17, 15) is 0 Å². The van der Waals surface area contributed by atoms with E-state index in [1.54, 1.807) is 19.5 Å². The lowest BCUT2D eigenvalue weighted by atomic mass is 10.2. The molecule has 5 nitrogen and oxygen atoms in total. The summed E-state index contributed by atoms with van der Waals surface area (Å²) in [5, 5.41) is 7.51. The van der Waals surface area contributed by atoms with Crippen LogP contribution in [0.1, 0.15) is 18.7 Å². The van der Waals surface area contributed by atoms with E-state index in [4.69, 9.17) is 4.74 Å². The Kier molecular flexibility index (Phi) is 3.27. The average molecular weight is 232 g/mol. The summed E-state index contributed by atoms with van der Waals surface area (Å²) in [6.07, 6.45) is 3.49. The largest absolute Gasteiger partial charge is 0.480 e. The maximum atomic E-state index is 5.20. The second kappa shape index (κ2) is 4.86. The van der Waals surface area contributed by atoms with E-state index in [0.29, 0.717) is 5.88 Å². The molecule has 0 aliphatic rings. The molecule has 0 aliphatic heterocycles. The summed E-state index contributed by atoms with van der Waals surface area (Å²) in [6.45, 7) is 2.07. The first-order valence-corrected chi connectivity index (χ1v) is 5.46. The van der Waals surface area contributed by atoms with Crippen LogP contribution in [0.3, 0.4) is 0 Å². The Hall–Kier alpha value is -2.04. The number of nitrogens with one attached hydrogen (secondary N) is 1. The number of aromatic nitrogens is 3. The lowest BCUT2D eigenvalue weighted by Crippen LogP contribution is -2.12. The predicted octanol–water partition coefficient (Wildman–Crippen LogP) is 2.00. The monoisotopic (exact) mass is 232 g/mol. The summed E-state index contributed by atoms with van der Waals surface area (Å²) in [4.78, 5) is 4.15. The number of aryl methyl sites for hydroxylation is 1. The lowest BCUT2D eigenvalue weighted by molar-refractivity contribution is 0.399. The Labute approximate surface area is 100 Å². The van der Waals surface area contributed by atoms with Gasteiger partial charge >= 0.3 is 0 Å². The van der Waals surface area contributed by atoms with Crippen molar-refractivity contribution in [2.45, 2.75) is 13.0 Å². The lowest BCUT2D eigenvalue weighted by Gasteiger charge is -2.16. The van der Waals surface area contributed by atoms with Gasteiger partial charge in [-0.1, -0.05) is 0 Å². The third kappa shape index (κ3) is 2.38. The minimum Gasteiger partial charge on any atom is -0.480 e. The summed E-state index contributed by atoms with van der Waals surface area (Å²) in [7, 11) is 3.54. The zero-order valence-corrected chi connectivity index (χ0v) is 10.2. The molecule has 0 saturated heterocycles. The molecule has 2 aromatic rings. The van der Waals surface area contributed by atoms with Crippen molar-refractivity contribution in [1.29, 1.82) is 0 Å². The van der Waals surface area contributed by atoms with Crippen molar-refractivity contribution in [2.24, 2.45) is 7.05 Å². The summed E-state index contributed by atoms with van der Waals surface area (Å²) < 4.78 is 7.05. The Morgan fingerprint density at radius 3 is 2.82 bits per heavy atom. The number of anilines is 1. The van der Waals surface area contributed by atoms with E-state index >= 15 is 0 Å². The molecule has 0 saturated carbocycles. The van der Waals surface area contributed by atoms with Gasteiger partial charge in [-0.05, 0) is 25.1 Å². The minimum absolute atomic E-state index is 0.139. The van der Waals surface area contributed by atoms with Crippen LogP contribution in [-0.4, -0.2) is 21.9 Å². The zero-order valence-electron chi connectivity index (χ0n) is 10.2. The van der Waals surface area contributed by atoms with Crippen molar-refractivity contribution in [3.8, 4) is 5.88 Å². The van der Waals surface area contributed by atoms with Gasteiger partial charge in [-0.25, -0.2) is 4.98 Å². The number of nitrogens with zero attached hydrogens (tertiary/aromatic N) is 3. The molecule has 1 unspecified atom stereocenters. The fourth-order valence-electron chi connectivity index (χ4n) is 1.78.